The molecule has 7 nitrogen and oxygen atoms in total. The Morgan fingerprint density at radius 1 is 0.882 bits per heavy atom. The first-order chi connectivity index (χ1) is 16.0. The van der Waals surface area contributed by atoms with Gasteiger partial charge >= 0.3 is 5.97 Å². The number of sulfonamides is 1. The number of hydrogen-bond donors (Lipinski definition) is 1. The van der Waals surface area contributed by atoms with Crippen molar-refractivity contribution in [2.24, 2.45) is 0 Å². The van der Waals surface area contributed by atoms with Gasteiger partial charge in [0.15, 0.2) is 6.61 Å². The van der Waals surface area contributed by atoms with Crippen molar-refractivity contribution in [1.29, 1.82) is 0 Å². The zero-order chi connectivity index (χ0) is 25.0. The van der Waals surface area contributed by atoms with Crippen LogP contribution >= 0.6 is 0 Å². The Balaban J connectivity index is 1.76. The summed E-state index contributed by atoms with van der Waals surface area (Å²) in [4.78, 5) is 26.6. The highest BCUT2D eigenvalue weighted by atomic mass is 32.2. The van der Waals surface area contributed by atoms with Crippen LogP contribution in [0.3, 0.4) is 0 Å². The predicted octanol–water partition coefficient (Wildman–Crippen LogP) is 4.54. The molecule has 0 aliphatic carbocycles. The minimum Gasteiger partial charge on any atom is -0.452 e. The second-order valence-electron chi connectivity index (χ2n) is 8.23. The number of amides is 1. The van der Waals surface area contributed by atoms with Crippen LogP contribution in [0.5, 0.6) is 0 Å². The molecule has 1 amide bonds. The van der Waals surface area contributed by atoms with Crippen molar-refractivity contribution in [2.75, 3.05) is 23.3 Å². The third-order valence-corrected chi connectivity index (χ3v) is 7.11. The van der Waals surface area contributed by atoms with Crippen molar-refractivity contribution in [3.05, 3.63) is 88.5 Å². The summed E-state index contributed by atoms with van der Waals surface area (Å²) in [5.41, 5.74) is 3.97. The number of likely N-dealkylation sites (N-methyl/N-ethyl adjacent to an activating group) is 1. The molecule has 3 aromatic rings. The molecule has 3 aromatic carbocycles. The van der Waals surface area contributed by atoms with Gasteiger partial charge in [-0.3, -0.25) is 9.52 Å². The van der Waals surface area contributed by atoms with E-state index in [1.54, 1.807) is 58.2 Å². The smallest absolute Gasteiger partial charge is 0.338 e. The highest BCUT2D eigenvalue weighted by Gasteiger charge is 2.22. The monoisotopic (exact) mass is 480 g/mol. The van der Waals surface area contributed by atoms with Crippen LogP contribution in [0.2, 0.25) is 0 Å². The summed E-state index contributed by atoms with van der Waals surface area (Å²) in [7, 11) is -2.29. The van der Waals surface area contributed by atoms with Gasteiger partial charge in [-0.2, -0.15) is 0 Å². The summed E-state index contributed by atoms with van der Waals surface area (Å²) in [6.45, 7) is 6.70. The molecule has 0 heterocycles. The Bertz CT molecular complexity index is 1310. The summed E-state index contributed by atoms with van der Waals surface area (Å²) in [5.74, 6) is -1.11. The molecule has 0 bridgehead atoms. The number of carbonyl (C=O) groups is 2. The fourth-order valence-corrected chi connectivity index (χ4v) is 5.33. The number of hydrogen-bond acceptors (Lipinski definition) is 5. The zero-order valence-electron chi connectivity index (χ0n) is 19.9. The molecule has 0 atom stereocenters. The van der Waals surface area contributed by atoms with Crippen LogP contribution in [-0.4, -0.2) is 33.9 Å². The van der Waals surface area contributed by atoms with Gasteiger partial charge in [0, 0.05) is 12.7 Å². The van der Waals surface area contributed by atoms with Crippen LogP contribution in [0.25, 0.3) is 0 Å². The maximum Gasteiger partial charge on any atom is 0.338 e. The molecular formula is C26H28N2O5S. The summed E-state index contributed by atoms with van der Waals surface area (Å²) < 4.78 is 34.0. The molecule has 0 aromatic heterocycles. The van der Waals surface area contributed by atoms with E-state index in [2.05, 4.69) is 4.72 Å². The van der Waals surface area contributed by atoms with Crippen LogP contribution in [0.1, 0.15) is 32.6 Å². The Kier molecular flexibility index (Phi) is 7.41. The molecule has 0 aliphatic heterocycles. The summed E-state index contributed by atoms with van der Waals surface area (Å²) in [6.07, 6.45) is 0. The van der Waals surface area contributed by atoms with E-state index in [1.165, 1.54) is 17.0 Å². The molecule has 8 heteroatoms. The van der Waals surface area contributed by atoms with E-state index in [9.17, 15) is 18.0 Å². The first-order valence-corrected chi connectivity index (χ1v) is 12.2. The van der Waals surface area contributed by atoms with Crippen molar-refractivity contribution in [1.82, 2.24) is 0 Å². The maximum absolute atomic E-state index is 13.1. The number of rotatable bonds is 7. The standard InChI is InChI=1S/C26H28N2O5S/c1-17-13-19(3)25(20(4)14-17)34(31,32)27-23-15-21(12-11-18(23)2)26(30)33-16-24(29)28(5)22-9-7-6-8-10-22/h6-15,27H,16H2,1-5H3. The van der Waals surface area contributed by atoms with Gasteiger partial charge in [0.05, 0.1) is 16.1 Å². The van der Waals surface area contributed by atoms with Crippen LogP contribution in [0.15, 0.2) is 65.6 Å². The molecule has 0 saturated heterocycles. The highest BCUT2D eigenvalue weighted by Crippen LogP contribution is 2.26. The SMILES string of the molecule is Cc1cc(C)c(S(=O)(=O)Nc2cc(C(=O)OCC(=O)N(C)c3ccccc3)ccc2C)c(C)c1. The molecule has 0 aliphatic rings. The number of nitrogens with one attached hydrogen (secondary N) is 1. The fraction of sp³-hybridized carbons (Fsp3) is 0.231. The van der Waals surface area contributed by atoms with E-state index >= 15 is 0 Å². The van der Waals surface area contributed by atoms with Gasteiger partial charge in [-0.25, -0.2) is 13.2 Å². The van der Waals surface area contributed by atoms with E-state index < -0.39 is 28.5 Å². The lowest BCUT2D eigenvalue weighted by Gasteiger charge is -2.17. The third-order valence-electron chi connectivity index (χ3n) is 5.44. The number of benzene rings is 3. The van der Waals surface area contributed by atoms with Crippen LogP contribution in [0.4, 0.5) is 11.4 Å². The van der Waals surface area contributed by atoms with Crippen molar-refractivity contribution in [3.8, 4) is 0 Å². The topological polar surface area (TPSA) is 92.8 Å². The van der Waals surface area contributed by atoms with E-state index in [0.29, 0.717) is 22.4 Å². The zero-order valence-corrected chi connectivity index (χ0v) is 20.7. The molecule has 178 valence electrons. The Labute approximate surface area is 200 Å². The molecule has 0 unspecified atom stereocenters. The number of carbonyl (C=O) groups excluding carboxylic acids is 2. The third kappa shape index (κ3) is 5.63. The second-order valence-corrected chi connectivity index (χ2v) is 9.85. The van der Waals surface area contributed by atoms with Crippen molar-refractivity contribution < 1.29 is 22.7 Å². The molecule has 0 fully saturated rings. The van der Waals surface area contributed by atoms with E-state index in [1.807, 2.05) is 25.1 Å². The van der Waals surface area contributed by atoms with E-state index in [0.717, 1.165) is 5.56 Å². The molecular weight excluding hydrogens is 452 g/mol. The summed E-state index contributed by atoms with van der Waals surface area (Å²) in [5, 5.41) is 0. The highest BCUT2D eigenvalue weighted by molar-refractivity contribution is 7.92. The molecule has 0 saturated carbocycles. The predicted molar refractivity (Wildman–Crippen MR) is 133 cm³/mol. The van der Waals surface area contributed by atoms with Crippen LogP contribution in [-0.2, 0) is 19.6 Å². The quantitative estimate of drug-likeness (QED) is 0.501. The molecule has 1 N–H and O–H groups in total. The number of anilines is 2. The average Bonchev–Trinajstić information content (AvgIpc) is 2.77. The molecule has 3 rings (SSSR count). The number of ether oxygens (including phenoxy) is 1. The van der Waals surface area contributed by atoms with Gasteiger partial charge < -0.3 is 9.64 Å². The van der Waals surface area contributed by atoms with Crippen LogP contribution in [0, 0.1) is 27.7 Å². The summed E-state index contributed by atoms with van der Waals surface area (Å²) >= 11 is 0. The van der Waals surface area contributed by atoms with E-state index in [-0.39, 0.29) is 16.1 Å². The first-order valence-electron chi connectivity index (χ1n) is 10.7. The molecule has 34 heavy (non-hydrogen) atoms. The van der Waals surface area contributed by atoms with Crippen molar-refractivity contribution in [3.63, 3.8) is 0 Å². The van der Waals surface area contributed by atoms with E-state index in [4.69, 9.17) is 4.74 Å². The lowest BCUT2D eigenvalue weighted by molar-refractivity contribution is -0.121. The average molecular weight is 481 g/mol. The lowest BCUT2D eigenvalue weighted by atomic mass is 10.1. The second kappa shape index (κ2) is 10.1. The van der Waals surface area contributed by atoms with Crippen LogP contribution < -0.4 is 9.62 Å². The Hall–Kier alpha value is -3.65. The number of para-hydroxylation sites is 1. The maximum atomic E-state index is 13.1. The number of nitrogens with zero attached hydrogens (tertiary/aromatic N) is 1. The Morgan fingerprint density at radius 2 is 1.50 bits per heavy atom. The van der Waals surface area contributed by atoms with Gasteiger partial charge in [0.1, 0.15) is 0 Å². The lowest BCUT2D eigenvalue weighted by Crippen LogP contribution is -2.31. The fourth-order valence-electron chi connectivity index (χ4n) is 3.75. The van der Waals surface area contributed by atoms with Crippen molar-refractivity contribution in [2.45, 2.75) is 32.6 Å². The van der Waals surface area contributed by atoms with Crippen molar-refractivity contribution >= 4 is 33.3 Å². The van der Waals surface area contributed by atoms with Gasteiger partial charge in [-0.1, -0.05) is 42.0 Å². The molecule has 0 spiro atoms. The van der Waals surface area contributed by atoms with Gasteiger partial charge in [-0.15, -0.1) is 0 Å². The minimum atomic E-state index is -3.89. The summed E-state index contributed by atoms with van der Waals surface area (Å²) in [6, 6.07) is 17.2. The minimum absolute atomic E-state index is 0.135. The van der Waals surface area contributed by atoms with Gasteiger partial charge in [0.25, 0.3) is 15.9 Å². The number of aryl methyl sites for hydroxylation is 4. The number of esters is 1. The van der Waals surface area contributed by atoms with Gasteiger partial charge in [-0.05, 0) is 68.7 Å². The molecule has 0 radical (unpaired) electrons. The largest absolute Gasteiger partial charge is 0.452 e. The first kappa shape index (κ1) is 25.0. The normalized spacial score (nSPS) is 11.1. The van der Waals surface area contributed by atoms with Gasteiger partial charge in [0.2, 0.25) is 0 Å². The Morgan fingerprint density at radius 3 is 2.12 bits per heavy atom.